The van der Waals surface area contributed by atoms with Crippen molar-refractivity contribution < 1.29 is 0 Å². The number of nitrogens with zero attached hydrogens (tertiary/aromatic N) is 2. The molecule has 1 aromatic rings. The number of aromatic nitrogens is 2. The number of rotatable bonds is 5. The molecule has 0 N–H and O–H groups in total. The average molecular weight is 380 g/mol. The molecule has 0 atom stereocenters. The first-order chi connectivity index (χ1) is 8.40. The molecule has 0 saturated carbocycles. The summed E-state index contributed by atoms with van der Waals surface area (Å²) in [4.78, 5) is 16.1. The van der Waals surface area contributed by atoms with E-state index in [1.807, 2.05) is 13.8 Å². The Bertz CT molecular complexity index is 470. The Morgan fingerprint density at radius 3 is 2.28 bits per heavy atom. The number of halogens is 2. The molecule has 0 unspecified atom stereocenters. The number of aryl methyl sites for hydroxylation is 1. The first-order valence-corrected chi connectivity index (χ1v) is 8.11. The van der Waals surface area contributed by atoms with Crippen molar-refractivity contribution in [3.63, 3.8) is 0 Å². The molecule has 0 aliphatic heterocycles. The van der Waals surface area contributed by atoms with Crippen molar-refractivity contribution >= 4 is 31.9 Å². The Balaban J connectivity index is 3.27. The van der Waals surface area contributed by atoms with Gasteiger partial charge in [0.25, 0.3) is 0 Å². The summed E-state index contributed by atoms with van der Waals surface area (Å²) in [7, 11) is 0. The third kappa shape index (κ3) is 3.05. The lowest BCUT2D eigenvalue weighted by Crippen LogP contribution is -2.35. The Labute approximate surface area is 125 Å². The summed E-state index contributed by atoms with van der Waals surface area (Å²) in [6.07, 6.45) is 2.07. The molecule has 0 fully saturated rings. The molecule has 5 heteroatoms. The molecule has 102 valence electrons. The molecule has 0 radical (unpaired) electrons. The normalized spacial score (nSPS) is 11.9. The minimum Gasteiger partial charge on any atom is -0.295 e. The van der Waals surface area contributed by atoms with Crippen molar-refractivity contribution in [2.45, 2.75) is 47.1 Å². The second-order valence-electron chi connectivity index (χ2n) is 4.81. The largest absolute Gasteiger partial charge is 0.348 e. The van der Waals surface area contributed by atoms with Crippen LogP contribution in [0.15, 0.2) is 9.27 Å². The third-order valence-electron chi connectivity index (χ3n) is 3.81. The molecule has 0 aliphatic carbocycles. The van der Waals surface area contributed by atoms with Crippen LogP contribution in [0.3, 0.4) is 0 Å². The van der Waals surface area contributed by atoms with E-state index in [0.717, 1.165) is 34.0 Å². The van der Waals surface area contributed by atoms with Gasteiger partial charge in [-0.1, -0.05) is 29.8 Å². The van der Waals surface area contributed by atoms with Crippen LogP contribution < -0.4 is 5.69 Å². The van der Waals surface area contributed by atoms with Gasteiger partial charge in [0, 0.05) is 17.6 Å². The van der Waals surface area contributed by atoms with Crippen LogP contribution in [0.1, 0.15) is 38.1 Å². The monoisotopic (exact) mass is 378 g/mol. The summed E-state index contributed by atoms with van der Waals surface area (Å²) in [5.41, 5.74) is 1.68. The number of alkyl halides is 1. The van der Waals surface area contributed by atoms with Crippen molar-refractivity contribution in [2.75, 3.05) is 5.33 Å². The van der Waals surface area contributed by atoms with Gasteiger partial charge in [0.1, 0.15) is 0 Å². The fourth-order valence-corrected chi connectivity index (χ4v) is 3.28. The lowest BCUT2D eigenvalue weighted by molar-refractivity contribution is 0.252. The first-order valence-electron chi connectivity index (χ1n) is 6.20. The Hall–Kier alpha value is -0.160. The predicted octanol–water partition coefficient (Wildman–Crippen LogP) is 3.82. The van der Waals surface area contributed by atoms with E-state index < -0.39 is 0 Å². The fourth-order valence-electron chi connectivity index (χ4n) is 2.00. The molecule has 3 nitrogen and oxygen atoms in total. The van der Waals surface area contributed by atoms with Crippen LogP contribution in [-0.2, 0) is 6.54 Å². The van der Waals surface area contributed by atoms with Gasteiger partial charge in [0.15, 0.2) is 0 Å². The van der Waals surface area contributed by atoms with Gasteiger partial charge < -0.3 is 0 Å². The summed E-state index contributed by atoms with van der Waals surface area (Å²) in [6.45, 7) is 8.86. The van der Waals surface area contributed by atoms with Crippen LogP contribution in [0, 0.1) is 19.3 Å². The Morgan fingerprint density at radius 1 is 1.28 bits per heavy atom. The summed E-state index contributed by atoms with van der Waals surface area (Å²) in [5.74, 6) is 0. The van der Waals surface area contributed by atoms with E-state index in [9.17, 15) is 4.79 Å². The van der Waals surface area contributed by atoms with Crippen molar-refractivity contribution in [3.05, 3.63) is 26.3 Å². The van der Waals surface area contributed by atoms with Crippen LogP contribution in [0.25, 0.3) is 0 Å². The third-order valence-corrected chi connectivity index (χ3v) is 6.15. The highest BCUT2D eigenvalue weighted by atomic mass is 79.9. The standard InChI is InChI=1S/C13H20Br2N2O/c1-5-13(6-2,7-14)8-17-10(4)11(15)9(3)16-12(17)18/h5-8H2,1-4H3. The van der Waals surface area contributed by atoms with E-state index in [0.29, 0.717) is 6.54 Å². The quantitative estimate of drug-likeness (QED) is 0.728. The van der Waals surface area contributed by atoms with E-state index in [-0.39, 0.29) is 11.1 Å². The first kappa shape index (κ1) is 15.9. The van der Waals surface area contributed by atoms with Gasteiger partial charge >= 0.3 is 5.69 Å². The maximum atomic E-state index is 12.1. The molecule has 1 heterocycles. The SMILES string of the molecule is CCC(CC)(CBr)Cn1c(C)c(Br)c(C)nc1=O. The van der Waals surface area contributed by atoms with Crippen LogP contribution in [0.2, 0.25) is 0 Å². The van der Waals surface area contributed by atoms with Crippen molar-refractivity contribution in [3.8, 4) is 0 Å². The highest BCUT2D eigenvalue weighted by molar-refractivity contribution is 9.10. The zero-order valence-corrected chi connectivity index (χ0v) is 14.6. The van der Waals surface area contributed by atoms with E-state index in [2.05, 4.69) is 50.7 Å². The average Bonchev–Trinajstić information content (AvgIpc) is 2.37. The Kier molecular flexibility index (Phi) is 5.59. The smallest absolute Gasteiger partial charge is 0.295 e. The van der Waals surface area contributed by atoms with Gasteiger partial charge in [0.05, 0.1) is 10.2 Å². The number of hydrogen-bond donors (Lipinski definition) is 0. The molecule has 0 aromatic carbocycles. The van der Waals surface area contributed by atoms with Crippen molar-refractivity contribution in [1.29, 1.82) is 0 Å². The molecule has 0 spiro atoms. The molecular formula is C13H20Br2N2O. The molecule has 0 bridgehead atoms. The van der Waals surface area contributed by atoms with Crippen LogP contribution >= 0.6 is 31.9 Å². The zero-order valence-electron chi connectivity index (χ0n) is 11.4. The van der Waals surface area contributed by atoms with E-state index >= 15 is 0 Å². The van der Waals surface area contributed by atoms with Crippen LogP contribution in [0.4, 0.5) is 0 Å². The molecule has 0 amide bonds. The predicted molar refractivity (Wildman–Crippen MR) is 82.5 cm³/mol. The second-order valence-corrected chi connectivity index (χ2v) is 6.16. The summed E-state index contributed by atoms with van der Waals surface area (Å²) >= 11 is 7.09. The van der Waals surface area contributed by atoms with Gasteiger partial charge in [-0.25, -0.2) is 4.79 Å². The maximum absolute atomic E-state index is 12.1. The van der Waals surface area contributed by atoms with E-state index in [1.54, 1.807) is 4.57 Å². The van der Waals surface area contributed by atoms with Crippen molar-refractivity contribution in [2.24, 2.45) is 5.41 Å². The van der Waals surface area contributed by atoms with Crippen molar-refractivity contribution in [1.82, 2.24) is 9.55 Å². The summed E-state index contributed by atoms with van der Waals surface area (Å²) in [6, 6.07) is 0. The molecule has 0 saturated heterocycles. The molecule has 0 aliphatic rings. The summed E-state index contributed by atoms with van der Waals surface area (Å²) < 4.78 is 2.71. The Morgan fingerprint density at radius 2 is 1.83 bits per heavy atom. The zero-order chi connectivity index (χ0) is 13.9. The van der Waals surface area contributed by atoms with Gasteiger partial charge in [-0.2, -0.15) is 4.98 Å². The molecular weight excluding hydrogens is 360 g/mol. The van der Waals surface area contributed by atoms with Gasteiger partial charge in [-0.15, -0.1) is 0 Å². The highest BCUT2D eigenvalue weighted by Crippen LogP contribution is 2.31. The van der Waals surface area contributed by atoms with E-state index in [1.165, 1.54) is 0 Å². The van der Waals surface area contributed by atoms with E-state index in [4.69, 9.17) is 0 Å². The molecule has 18 heavy (non-hydrogen) atoms. The van der Waals surface area contributed by atoms with Crippen LogP contribution in [0.5, 0.6) is 0 Å². The molecule has 1 aromatic heterocycles. The highest BCUT2D eigenvalue weighted by Gasteiger charge is 2.27. The maximum Gasteiger partial charge on any atom is 0.348 e. The molecule has 1 rings (SSSR count). The van der Waals surface area contributed by atoms with Gasteiger partial charge in [-0.3, -0.25) is 4.57 Å². The minimum atomic E-state index is -0.152. The minimum absolute atomic E-state index is 0.116. The van der Waals surface area contributed by atoms with Gasteiger partial charge in [0.2, 0.25) is 0 Å². The fraction of sp³-hybridized carbons (Fsp3) is 0.692. The lowest BCUT2D eigenvalue weighted by Gasteiger charge is -2.31. The van der Waals surface area contributed by atoms with Gasteiger partial charge in [-0.05, 0) is 48.0 Å². The lowest BCUT2D eigenvalue weighted by atomic mass is 9.84. The van der Waals surface area contributed by atoms with Crippen LogP contribution in [-0.4, -0.2) is 14.9 Å². The second kappa shape index (κ2) is 6.33. The number of hydrogen-bond acceptors (Lipinski definition) is 2. The summed E-state index contributed by atoms with van der Waals surface area (Å²) in [5, 5.41) is 0.893. The topological polar surface area (TPSA) is 34.9 Å².